The smallest absolute Gasteiger partial charge is 0.198 e. The number of hydrogen-bond donors (Lipinski definition) is 1. The molecule has 0 fully saturated rings. The minimum atomic E-state index is -0.305. The van der Waals surface area contributed by atoms with Gasteiger partial charge in [-0.2, -0.15) is 5.10 Å². The molecule has 1 aliphatic heterocycles. The van der Waals surface area contributed by atoms with Gasteiger partial charge in [-0.3, -0.25) is 5.32 Å². The summed E-state index contributed by atoms with van der Waals surface area (Å²) in [5.41, 5.74) is 1.28. The fourth-order valence-corrected chi connectivity index (χ4v) is 3.98. The molecule has 0 bridgehead atoms. The number of ether oxygens (including phenoxy) is 2. The van der Waals surface area contributed by atoms with Crippen LogP contribution in [0.4, 0.5) is 0 Å². The minimum Gasteiger partial charge on any atom is -0.485 e. The van der Waals surface area contributed by atoms with E-state index < -0.39 is 0 Å². The van der Waals surface area contributed by atoms with Gasteiger partial charge in [0.05, 0.1) is 6.67 Å². The lowest BCUT2D eigenvalue weighted by molar-refractivity contribution is 0.0824. The molecule has 0 saturated heterocycles. The monoisotopic (exact) mass is 424 g/mol. The molecule has 158 valence electrons. The summed E-state index contributed by atoms with van der Waals surface area (Å²) in [6.45, 7) is 7.59. The van der Waals surface area contributed by atoms with Crippen molar-refractivity contribution in [1.82, 2.24) is 19.7 Å². The van der Waals surface area contributed by atoms with Crippen molar-refractivity contribution in [3.8, 4) is 11.5 Å². The molecule has 0 amide bonds. The number of nitrogens with one attached hydrogen (secondary N) is 1. The fraction of sp³-hybridized carbons (Fsp3) is 0.391. The fourth-order valence-electron chi connectivity index (χ4n) is 3.78. The number of benzene rings is 2. The number of fused-ring (bicyclic) bond motifs is 1. The van der Waals surface area contributed by atoms with E-state index in [1.54, 1.807) is 0 Å². The van der Waals surface area contributed by atoms with Gasteiger partial charge in [-0.05, 0) is 35.3 Å². The molecule has 2 heterocycles. The van der Waals surface area contributed by atoms with Gasteiger partial charge in [-0.25, -0.2) is 4.68 Å². The van der Waals surface area contributed by atoms with Crippen molar-refractivity contribution in [2.75, 3.05) is 6.61 Å². The first-order valence-corrected chi connectivity index (χ1v) is 10.6. The Balaban J connectivity index is 1.54. The molecule has 2 atom stereocenters. The summed E-state index contributed by atoms with van der Waals surface area (Å²) in [4.78, 5) is 0. The summed E-state index contributed by atoms with van der Waals surface area (Å²) >= 11 is 5.65. The van der Waals surface area contributed by atoms with Crippen LogP contribution in [0.2, 0.25) is 0 Å². The summed E-state index contributed by atoms with van der Waals surface area (Å²) in [7, 11) is 1.92. The Morgan fingerprint density at radius 3 is 2.47 bits per heavy atom. The standard InChI is InChI=1S/C23H28N4O2S/c1-23(2,3)20(16-10-6-5-7-11-16)24-15-27-22(30)26(4)21(25-27)19-14-28-17-12-8-9-13-18(17)29-19/h5-13,19-20,24H,14-15H2,1-4H3/t19-,20-/m1/s1. The second kappa shape index (κ2) is 8.24. The Morgan fingerprint density at radius 1 is 1.10 bits per heavy atom. The number of nitrogens with zero attached hydrogens (tertiary/aromatic N) is 3. The average Bonchev–Trinajstić information content (AvgIpc) is 3.02. The molecule has 30 heavy (non-hydrogen) atoms. The summed E-state index contributed by atoms with van der Waals surface area (Å²) in [6, 6.07) is 18.3. The van der Waals surface area contributed by atoms with Crippen LogP contribution in [0.1, 0.15) is 44.3 Å². The Hall–Kier alpha value is -2.64. The van der Waals surface area contributed by atoms with Crippen molar-refractivity contribution in [3.63, 3.8) is 0 Å². The first kappa shape index (κ1) is 20.6. The van der Waals surface area contributed by atoms with Crippen LogP contribution in [-0.4, -0.2) is 21.0 Å². The van der Waals surface area contributed by atoms with Crippen LogP contribution in [0.25, 0.3) is 0 Å². The molecule has 0 saturated carbocycles. The van der Waals surface area contributed by atoms with Crippen molar-refractivity contribution in [2.45, 2.75) is 39.6 Å². The SMILES string of the molecule is Cn1c([C@H]2COc3ccccc3O2)nn(CN[C@H](c2ccccc2)C(C)(C)C)c1=S. The highest BCUT2D eigenvalue weighted by atomic mass is 32.1. The molecule has 0 aliphatic carbocycles. The molecule has 0 radical (unpaired) electrons. The highest BCUT2D eigenvalue weighted by Gasteiger charge is 2.29. The van der Waals surface area contributed by atoms with Crippen LogP contribution in [-0.2, 0) is 13.7 Å². The van der Waals surface area contributed by atoms with Crippen LogP contribution in [0.5, 0.6) is 11.5 Å². The van der Waals surface area contributed by atoms with Gasteiger partial charge in [0.15, 0.2) is 28.2 Å². The summed E-state index contributed by atoms with van der Waals surface area (Å²) < 4.78 is 16.3. The molecule has 6 nitrogen and oxygen atoms in total. The van der Waals surface area contributed by atoms with Gasteiger partial charge in [0.2, 0.25) is 0 Å². The normalized spacial score (nSPS) is 17.0. The van der Waals surface area contributed by atoms with E-state index in [9.17, 15) is 0 Å². The van der Waals surface area contributed by atoms with E-state index in [4.69, 9.17) is 26.8 Å². The number of rotatable bonds is 5. The topological polar surface area (TPSA) is 53.2 Å². The second-order valence-electron chi connectivity index (χ2n) is 8.64. The Kier molecular flexibility index (Phi) is 5.66. The van der Waals surface area contributed by atoms with E-state index >= 15 is 0 Å². The molecule has 4 rings (SSSR count). The van der Waals surface area contributed by atoms with Crippen LogP contribution in [0.3, 0.4) is 0 Å². The van der Waals surface area contributed by atoms with Crippen LogP contribution in [0.15, 0.2) is 54.6 Å². The molecule has 1 aliphatic rings. The molecular weight excluding hydrogens is 396 g/mol. The third kappa shape index (κ3) is 4.13. The van der Waals surface area contributed by atoms with Gasteiger partial charge in [0, 0.05) is 13.1 Å². The molecule has 7 heteroatoms. The van der Waals surface area contributed by atoms with Gasteiger partial charge in [0.1, 0.15) is 6.61 Å². The maximum Gasteiger partial charge on any atom is 0.198 e. The molecule has 1 aromatic heterocycles. The zero-order valence-electron chi connectivity index (χ0n) is 17.8. The van der Waals surface area contributed by atoms with Crippen molar-refractivity contribution in [3.05, 3.63) is 70.8 Å². The van der Waals surface area contributed by atoms with E-state index in [0.717, 1.165) is 17.3 Å². The lowest BCUT2D eigenvalue weighted by Crippen LogP contribution is -2.34. The summed E-state index contributed by atoms with van der Waals surface area (Å²) in [5, 5.41) is 8.40. The minimum absolute atomic E-state index is 0.0329. The van der Waals surface area contributed by atoms with Gasteiger partial charge < -0.3 is 14.0 Å². The van der Waals surface area contributed by atoms with Gasteiger partial charge in [0.25, 0.3) is 0 Å². The van der Waals surface area contributed by atoms with Crippen molar-refractivity contribution < 1.29 is 9.47 Å². The Morgan fingerprint density at radius 2 is 1.77 bits per heavy atom. The van der Waals surface area contributed by atoms with E-state index in [2.05, 4.69) is 50.4 Å². The number of para-hydroxylation sites is 2. The van der Waals surface area contributed by atoms with Crippen LogP contribution >= 0.6 is 12.2 Å². The highest BCUT2D eigenvalue weighted by molar-refractivity contribution is 7.71. The van der Waals surface area contributed by atoms with Gasteiger partial charge in [-0.1, -0.05) is 63.2 Å². The van der Waals surface area contributed by atoms with Gasteiger partial charge >= 0.3 is 0 Å². The molecule has 0 unspecified atom stereocenters. The molecular formula is C23H28N4O2S. The highest BCUT2D eigenvalue weighted by Crippen LogP contribution is 2.35. The van der Waals surface area contributed by atoms with E-state index in [1.165, 1.54) is 5.56 Å². The molecule has 0 spiro atoms. The van der Waals surface area contributed by atoms with Gasteiger partial charge in [-0.15, -0.1) is 0 Å². The van der Waals surface area contributed by atoms with E-state index in [0.29, 0.717) is 18.0 Å². The van der Waals surface area contributed by atoms with Crippen LogP contribution in [0, 0.1) is 10.2 Å². The number of hydrogen-bond acceptors (Lipinski definition) is 5. The largest absolute Gasteiger partial charge is 0.485 e. The summed E-state index contributed by atoms with van der Waals surface area (Å²) in [5.74, 6) is 2.24. The third-order valence-corrected chi connectivity index (χ3v) is 5.80. The average molecular weight is 425 g/mol. The zero-order valence-corrected chi connectivity index (χ0v) is 18.6. The molecule has 2 aromatic carbocycles. The lowest BCUT2D eigenvalue weighted by atomic mass is 9.82. The number of aromatic nitrogens is 3. The first-order valence-electron chi connectivity index (χ1n) is 10.1. The van der Waals surface area contributed by atoms with Crippen molar-refractivity contribution in [2.24, 2.45) is 12.5 Å². The first-order chi connectivity index (χ1) is 14.3. The van der Waals surface area contributed by atoms with Crippen LogP contribution < -0.4 is 14.8 Å². The summed E-state index contributed by atoms with van der Waals surface area (Å²) in [6.07, 6.45) is -0.305. The maximum absolute atomic E-state index is 6.13. The Labute approximate surface area is 182 Å². The maximum atomic E-state index is 6.13. The second-order valence-corrected chi connectivity index (χ2v) is 9.00. The van der Waals surface area contributed by atoms with Crippen molar-refractivity contribution >= 4 is 12.2 Å². The zero-order chi connectivity index (χ0) is 21.3. The predicted octanol–water partition coefficient (Wildman–Crippen LogP) is 4.80. The molecule has 3 aromatic rings. The Bertz CT molecular complexity index is 1070. The quantitative estimate of drug-likeness (QED) is 0.597. The molecule has 1 N–H and O–H groups in total. The van der Waals surface area contributed by atoms with E-state index in [1.807, 2.05) is 46.6 Å². The van der Waals surface area contributed by atoms with Crippen molar-refractivity contribution in [1.29, 1.82) is 0 Å². The lowest BCUT2D eigenvalue weighted by Gasteiger charge is -2.32. The predicted molar refractivity (Wildman–Crippen MR) is 119 cm³/mol. The van der Waals surface area contributed by atoms with E-state index in [-0.39, 0.29) is 17.6 Å². The third-order valence-electron chi connectivity index (χ3n) is 5.32.